The van der Waals surface area contributed by atoms with Crippen molar-refractivity contribution in [3.63, 3.8) is 0 Å². The van der Waals surface area contributed by atoms with E-state index in [0.717, 1.165) is 5.69 Å². The maximum Gasteiger partial charge on any atom is 0.180 e. The molecule has 2 aromatic heterocycles. The largest absolute Gasteiger partial charge is 0.382 e. The molecule has 3 aromatic rings. The molecule has 5 nitrogen and oxygen atoms in total. The zero-order valence-electron chi connectivity index (χ0n) is 9.34. The molecule has 18 heavy (non-hydrogen) atoms. The SMILES string of the molecule is Nc1cn2ccnc2c(Nc2ccccc2Cl)n1. The van der Waals surface area contributed by atoms with Crippen molar-refractivity contribution in [3.8, 4) is 0 Å². The van der Waals surface area contributed by atoms with E-state index >= 15 is 0 Å². The van der Waals surface area contributed by atoms with Crippen LogP contribution in [0.5, 0.6) is 0 Å². The summed E-state index contributed by atoms with van der Waals surface area (Å²) in [7, 11) is 0. The van der Waals surface area contributed by atoms with E-state index in [1.165, 1.54) is 0 Å². The number of nitrogen functional groups attached to an aromatic ring is 1. The van der Waals surface area contributed by atoms with Crippen LogP contribution in [0, 0.1) is 0 Å². The third-order valence-electron chi connectivity index (χ3n) is 2.52. The third-order valence-corrected chi connectivity index (χ3v) is 2.85. The standard InChI is InChI=1S/C12H10ClN5/c13-8-3-1-2-4-9(8)16-11-12-15-5-6-18(12)7-10(14)17-11/h1-7H,14H2,(H,16,17). The van der Waals surface area contributed by atoms with Gasteiger partial charge in [0.1, 0.15) is 5.82 Å². The van der Waals surface area contributed by atoms with Gasteiger partial charge < -0.3 is 15.5 Å². The summed E-state index contributed by atoms with van der Waals surface area (Å²) in [6, 6.07) is 7.43. The summed E-state index contributed by atoms with van der Waals surface area (Å²) in [5, 5.41) is 3.75. The Balaban J connectivity index is 2.10. The number of nitrogens with one attached hydrogen (secondary N) is 1. The molecule has 0 spiro atoms. The smallest absolute Gasteiger partial charge is 0.180 e. The molecule has 3 N–H and O–H groups in total. The van der Waals surface area contributed by atoms with Crippen LogP contribution in [-0.4, -0.2) is 14.4 Å². The van der Waals surface area contributed by atoms with E-state index in [2.05, 4.69) is 15.3 Å². The van der Waals surface area contributed by atoms with Gasteiger partial charge in [0, 0.05) is 12.4 Å². The molecule has 6 heteroatoms. The van der Waals surface area contributed by atoms with Crippen molar-refractivity contribution >= 4 is 34.6 Å². The Morgan fingerprint density at radius 2 is 2.11 bits per heavy atom. The molecule has 0 saturated heterocycles. The molecular formula is C12H10ClN5. The fourth-order valence-corrected chi connectivity index (χ4v) is 1.91. The maximum absolute atomic E-state index is 6.09. The van der Waals surface area contributed by atoms with Crippen molar-refractivity contribution in [3.05, 3.63) is 47.9 Å². The fraction of sp³-hybridized carbons (Fsp3) is 0. The first-order valence-electron chi connectivity index (χ1n) is 5.35. The van der Waals surface area contributed by atoms with Crippen molar-refractivity contribution in [2.75, 3.05) is 11.1 Å². The lowest BCUT2D eigenvalue weighted by atomic mass is 10.3. The summed E-state index contributed by atoms with van der Waals surface area (Å²) in [6.45, 7) is 0. The summed E-state index contributed by atoms with van der Waals surface area (Å²) >= 11 is 6.09. The minimum atomic E-state index is 0.412. The second-order valence-electron chi connectivity index (χ2n) is 3.78. The Morgan fingerprint density at radius 3 is 2.94 bits per heavy atom. The van der Waals surface area contributed by atoms with Gasteiger partial charge in [-0.15, -0.1) is 0 Å². The number of halogens is 1. The van der Waals surface area contributed by atoms with Gasteiger partial charge in [0.15, 0.2) is 11.5 Å². The Labute approximate surface area is 108 Å². The van der Waals surface area contributed by atoms with Gasteiger partial charge in [0.25, 0.3) is 0 Å². The molecule has 0 aliphatic rings. The van der Waals surface area contributed by atoms with Gasteiger partial charge in [-0.25, -0.2) is 9.97 Å². The van der Waals surface area contributed by atoms with Crippen molar-refractivity contribution in [2.24, 2.45) is 0 Å². The quantitative estimate of drug-likeness (QED) is 0.742. The lowest BCUT2D eigenvalue weighted by Crippen LogP contribution is -2.02. The molecule has 0 aliphatic heterocycles. The summed E-state index contributed by atoms with van der Waals surface area (Å²) < 4.78 is 1.81. The first kappa shape index (κ1) is 10.9. The lowest BCUT2D eigenvalue weighted by Gasteiger charge is -2.09. The molecule has 2 heterocycles. The van der Waals surface area contributed by atoms with Crippen LogP contribution >= 0.6 is 11.6 Å². The third kappa shape index (κ3) is 1.84. The highest BCUT2D eigenvalue weighted by Gasteiger charge is 2.07. The van der Waals surface area contributed by atoms with Gasteiger partial charge in [-0.2, -0.15) is 0 Å². The number of anilines is 3. The first-order chi connectivity index (χ1) is 8.74. The second kappa shape index (κ2) is 4.19. The summed E-state index contributed by atoms with van der Waals surface area (Å²) in [6.07, 6.45) is 5.21. The molecule has 1 aromatic carbocycles. The number of imidazole rings is 1. The van der Waals surface area contributed by atoms with E-state index < -0.39 is 0 Å². The number of fused-ring (bicyclic) bond motifs is 1. The van der Waals surface area contributed by atoms with E-state index in [4.69, 9.17) is 17.3 Å². The van der Waals surface area contributed by atoms with Crippen molar-refractivity contribution in [1.29, 1.82) is 0 Å². The van der Waals surface area contributed by atoms with Gasteiger partial charge in [-0.1, -0.05) is 23.7 Å². The maximum atomic E-state index is 6.09. The Morgan fingerprint density at radius 1 is 1.28 bits per heavy atom. The molecule has 0 fully saturated rings. The van der Waals surface area contributed by atoms with Gasteiger partial charge in [0.05, 0.1) is 16.9 Å². The topological polar surface area (TPSA) is 68.2 Å². The highest BCUT2D eigenvalue weighted by atomic mass is 35.5. The molecular weight excluding hydrogens is 250 g/mol. The monoisotopic (exact) mass is 259 g/mol. The first-order valence-corrected chi connectivity index (χ1v) is 5.72. The Bertz CT molecular complexity index is 707. The number of nitrogens with zero attached hydrogens (tertiary/aromatic N) is 3. The van der Waals surface area contributed by atoms with E-state index in [1.807, 2.05) is 28.8 Å². The fourth-order valence-electron chi connectivity index (χ4n) is 1.73. The molecule has 0 bridgehead atoms. The number of para-hydroxylation sites is 1. The number of nitrogens with two attached hydrogens (primary N) is 1. The minimum Gasteiger partial charge on any atom is -0.382 e. The summed E-state index contributed by atoms with van der Waals surface area (Å²) in [5.41, 5.74) is 7.21. The van der Waals surface area contributed by atoms with Crippen molar-refractivity contribution in [1.82, 2.24) is 14.4 Å². The van der Waals surface area contributed by atoms with Gasteiger partial charge >= 0.3 is 0 Å². The van der Waals surface area contributed by atoms with E-state index in [1.54, 1.807) is 18.5 Å². The van der Waals surface area contributed by atoms with Crippen molar-refractivity contribution < 1.29 is 0 Å². The van der Waals surface area contributed by atoms with Gasteiger partial charge in [0.2, 0.25) is 0 Å². The van der Waals surface area contributed by atoms with Crippen LogP contribution in [0.3, 0.4) is 0 Å². The molecule has 0 atom stereocenters. The highest BCUT2D eigenvalue weighted by Crippen LogP contribution is 2.26. The molecule has 0 aliphatic carbocycles. The summed E-state index contributed by atoms with van der Waals surface area (Å²) in [5.74, 6) is 0.989. The molecule has 0 radical (unpaired) electrons. The zero-order chi connectivity index (χ0) is 12.5. The molecule has 0 amide bonds. The number of hydrogen-bond donors (Lipinski definition) is 2. The van der Waals surface area contributed by atoms with Gasteiger partial charge in [-0.3, -0.25) is 0 Å². The van der Waals surface area contributed by atoms with Crippen molar-refractivity contribution in [2.45, 2.75) is 0 Å². The second-order valence-corrected chi connectivity index (χ2v) is 4.18. The summed E-state index contributed by atoms with van der Waals surface area (Å²) in [4.78, 5) is 8.46. The van der Waals surface area contributed by atoms with E-state index in [9.17, 15) is 0 Å². The van der Waals surface area contributed by atoms with Crippen LogP contribution in [0.15, 0.2) is 42.9 Å². The molecule has 0 unspecified atom stereocenters. The molecule has 90 valence electrons. The lowest BCUT2D eigenvalue weighted by molar-refractivity contribution is 1.14. The molecule has 0 saturated carbocycles. The highest BCUT2D eigenvalue weighted by molar-refractivity contribution is 6.33. The molecule has 3 rings (SSSR count). The van der Waals surface area contributed by atoms with Crippen LogP contribution < -0.4 is 11.1 Å². The number of hydrogen-bond acceptors (Lipinski definition) is 4. The Hall–Kier alpha value is -2.27. The average Bonchev–Trinajstić information content (AvgIpc) is 2.80. The van der Waals surface area contributed by atoms with Crippen LogP contribution in [0.1, 0.15) is 0 Å². The van der Waals surface area contributed by atoms with Crippen LogP contribution in [-0.2, 0) is 0 Å². The zero-order valence-corrected chi connectivity index (χ0v) is 10.1. The normalized spacial score (nSPS) is 10.7. The predicted octanol–water partition coefficient (Wildman–Crippen LogP) is 2.71. The Kier molecular flexibility index (Phi) is 2.53. The number of aromatic nitrogens is 3. The minimum absolute atomic E-state index is 0.412. The van der Waals surface area contributed by atoms with Gasteiger partial charge in [-0.05, 0) is 12.1 Å². The predicted molar refractivity (Wildman–Crippen MR) is 72.1 cm³/mol. The average molecular weight is 260 g/mol. The number of benzene rings is 1. The van der Waals surface area contributed by atoms with E-state index in [-0.39, 0.29) is 0 Å². The van der Waals surface area contributed by atoms with Crippen LogP contribution in [0.2, 0.25) is 5.02 Å². The van der Waals surface area contributed by atoms with Crippen LogP contribution in [0.4, 0.5) is 17.3 Å². The number of rotatable bonds is 2. The van der Waals surface area contributed by atoms with E-state index in [0.29, 0.717) is 22.3 Å². The van der Waals surface area contributed by atoms with Crippen LogP contribution in [0.25, 0.3) is 5.65 Å².